The highest BCUT2D eigenvalue weighted by atomic mass is 16.5. The molecule has 98 valence electrons. The maximum atomic E-state index is 11.2. The Kier molecular flexibility index (Phi) is 2.88. The van der Waals surface area contributed by atoms with Gasteiger partial charge in [0.1, 0.15) is 6.33 Å². The molecule has 6 heteroatoms. The molecule has 0 radical (unpaired) electrons. The first kappa shape index (κ1) is 12.6. The van der Waals surface area contributed by atoms with Crippen molar-refractivity contribution in [3.8, 4) is 5.75 Å². The molecule has 1 amide bonds. The zero-order valence-corrected chi connectivity index (χ0v) is 10.8. The lowest BCUT2D eigenvalue weighted by molar-refractivity contribution is -0.202. The predicted octanol–water partition coefficient (Wildman–Crippen LogP) is 1.98. The van der Waals surface area contributed by atoms with Crippen LogP contribution in [0.1, 0.15) is 27.2 Å². The average molecular weight is 251 g/mol. The summed E-state index contributed by atoms with van der Waals surface area (Å²) in [5.41, 5.74) is -1.18. The molecule has 0 aromatic carbocycles. The highest BCUT2D eigenvalue weighted by molar-refractivity contribution is 5.67. The number of carbonyl (C=O) groups is 1. The van der Waals surface area contributed by atoms with Crippen molar-refractivity contribution >= 4 is 6.09 Å². The van der Waals surface area contributed by atoms with Crippen LogP contribution >= 0.6 is 0 Å². The summed E-state index contributed by atoms with van der Waals surface area (Å²) in [6, 6.07) is 0. The van der Waals surface area contributed by atoms with Crippen LogP contribution in [-0.2, 0) is 0 Å². The van der Waals surface area contributed by atoms with Crippen molar-refractivity contribution in [2.24, 2.45) is 5.41 Å². The lowest BCUT2D eigenvalue weighted by atomic mass is 9.75. The summed E-state index contributed by atoms with van der Waals surface area (Å²) in [6.45, 7) is 6.38. The first-order valence-electron chi connectivity index (χ1n) is 5.81. The highest BCUT2D eigenvalue weighted by Gasteiger charge is 2.58. The van der Waals surface area contributed by atoms with Crippen molar-refractivity contribution in [1.29, 1.82) is 0 Å². The second kappa shape index (κ2) is 4.12. The Bertz CT molecular complexity index is 444. The van der Waals surface area contributed by atoms with Crippen LogP contribution < -0.4 is 4.74 Å². The molecule has 0 saturated carbocycles. The van der Waals surface area contributed by atoms with E-state index >= 15 is 0 Å². The summed E-state index contributed by atoms with van der Waals surface area (Å²) < 4.78 is 5.90. The molecule has 18 heavy (non-hydrogen) atoms. The molecule has 0 aliphatic carbocycles. The van der Waals surface area contributed by atoms with E-state index in [0.29, 0.717) is 18.7 Å². The maximum absolute atomic E-state index is 11.2. The van der Waals surface area contributed by atoms with E-state index in [2.05, 4.69) is 9.97 Å². The van der Waals surface area contributed by atoms with Gasteiger partial charge in [0, 0.05) is 18.4 Å². The van der Waals surface area contributed by atoms with Crippen molar-refractivity contribution in [3.63, 3.8) is 0 Å². The molecule has 0 bridgehead atoms. The molecule has 1 fully saturated rings. The summed E-state index contributed by atoms with van der Waals surface area (Å²) >= 11 is 0. The number of likely N-dealkylation sites (tertiary alicyclic amines) is 1. The highest BCUT2D eigenvalue weighted by Crippen LogP contribution is 2.46. The third kappa shape index (κ3) is 1.87. The van der Waals surface area contributed by atoms with Gasteiger partial charge < -0.3 is 9.84 Å². The standard InChI is InChI=1S/C12H17N3O3/c1-11(2,3)12(4-5-15(12)10(16)17)18-9-6-13-8-14-7-9/h6-8H,4-5H2,1-3H3,(H,16,17). The Labute approximate surface area is 106 Å². The average Bonchev–Trinajstić information content (AvgIpc) is 2.23. The maximum Gasteiger partial charge on any atom is 0.410 e. The van der Waals surface area contributed by atoms with Gasteiger partial charge in [-0.1, -0.05) is 20.8 Å². The largest absolute Gasteiger partial charge is 0.465 e. The van der Waals surface area contributed by atoms with Crippen LogP contribution in [0.5, 0.6) is 5.75 Å². The van der Waals surface area contributed by atoms with Gasteiger partial charge in [0.15, 0.2) is 11.5 Å². The number of hydrogen-bond donors (Lipinski definition) is 1. The number of rotatable bonds is 2. The quantitative estimate of drug-likeness (QED) is 0.869. The number of ether oxygens (including phenoxy) is 1. The van der Waals surface area contributed by atoms with Gasteiger partial charge in [-0.05, 0) is 0 Å². The van der Waals surface area contributed by atoms with Crippen molar-refractivity contribution in [2.75, 3.05) is 6.54 Å². The van der Waals surface area contributed by atoms with Crippen molar-refractivity contribution in [2.45, 2.75) is 32.9 Å². The van der Waals surface area contributed by atoms with Crippen LogP contribution in [0.2, 0.25) is 0 Å². The number of carboxylic acid groups (broad SMARTS) is 1. The van der Waals surface area contributed by atoms with Gasteiger partial charge in [0.2, 0.25) is 0 Å². The van der Waals surface area contributed by atoms with Crippen LogP contribution in [0.3, 0.4) is 0 Å². The molecule has 1 aromatic heterocycles. The summed E-state index contributed by atoms with van der Waals surface area (Å²) in [7, 11) is 0. The molecule has 1 unspecified atom stereocenters. The van der Waals surface area contributed by atoms with Crippen molar-refractivity contribution in [3.05, 3.63) is 18.7 Å². The van der Waals surface area contributed by atoms with E-state index in [1.165, 1.54) is 11.2 Å². The smallest absolute Gasteiger partial charge is 0.410 e. The summed E-state index contributed by atoms with van der Waals surface area (Å²) in [4.78, 5) is 20.3. The SMILES string of the molecule is CC(C)(C)C1(Oc2cncnc2)CCN1C(=O)O. The zero-order valence-electron chi connectivity index (χ0n) is 10.8. The molecule has 1 N–H and O–H groups in total. The van der Waals surface area contributed by atoms with Gasteiger partial charge in [-0.3, -0.25) is 4.90 Å². The van der Waals surface area contributed by atoms with Crippen LogP contribution in [0.15, 0.2) is 18.7 Å². The van der Waals surface area contributed by atoms with E-state index in [9.17, 15) is 9.90 Å². The second-order valence-electron chi connectivity index (χ2n) is 5.39. The van der Waals surface area contributed by atoms with E-state index in [-0.39, 0.29) is 5.41 Å². The first-order valence-corrected chi connectivity index (χ1v) is 5.81. The molecule has 2 rings (SSSR count). The van der Waals surface area contributed by atoms with Crippen LogP contribution in [-0.4, -0.2) is 38.3 Å². The molecule has 1 aromatic rings. The predicted molar refractivity (Wildman–Crippen MR) is 64.2 cm³/mol. The molecule has 1 aliphatic rings. The van der Waals surface area contributed by atoms with Crippen LogP contribution in [0, 0.1) is 5.41 Å². The Hall–Kier alpha value is -1.85. The molecule has 6 nitrogen and oxygen atoms in total. The van der Waals surface area contributed by atoms with E-state index in [1.807, 2.05) is 20.8 Å². The molecular weight excluding hydrogens is 234 g/mol. The van der Waals surface area contributed by atoms with E-state index in [4.69, 9.17) is 4.74 Å². The lowest BCUT2D eigenvalue weighted by Gasteiger charge is -2.57. The number of aromatic nitrogens is 2. The third-order valence-corrected chi connectivity index (χ3v) is 3.34. The molecule has 1 aliphatic heterocycles. The van der Waals surface area contributed by atoms with Crippen molar-refractivity contribution in [1.82, 2.24) is 14.9 Å². The summed E-state index contributed by atoms with van der Waals surface area (Å²) in [5.74, 6) is 0.485. The van der Waals surface area contributed by atoms with Crippen molar-refractivity contribution < 1.29 is 14.6 Å². The number of hydrogen-bond acceptors (Lipinski definition) is 4. The number of amides is 1. The van der Waals surface area contributed by atoms with E-state index < -0.39 is 11.8 Å². The molecule has 1 atom stereocenters. The van der Waals surface area contributed by atoms with E-state index in [1.54, 1.807) is 12.4 Å². The minimum Gasteiger partial charge on any atom is -0.465 e. The Morgan fingerprint density at radius 2 is 2.06 bits per heavy atom. The van der Waals surface area contributed by atoms with Gasteiger partial charge in [0.25, 0.3) is 0 Å². The van der Waals surface area contributed by atoms with Gasteiger partial charge in [-0.25, -0.2) is 14.8 Å². The minimum atomic E-state index is -0.965. The minimum absolute atomic E-state index is 0.334. The zero-order chi connectivity index (χ0) is 13.4. The fourth-order valence-electron chi connectivity index (χ4n) is 2.25. The third-order valence-electron chi connectivity index (χ3n) is 3.34. The molecular formula is C12H17N3O3. The summed E-state index contributed by atoms with van der Waals surface area (Å²) in [6.07, 6.45) is 4.19. The first-order chi connectivity index (χ1) is 8.37. The van der Waals surface area contributed by atoms with Gasteiger partial charge in [-0.15, -0.1) is 0 Å². The monoisotopic (exact) mass is 251 g/mol. The molecule has 0 spiro atoms. The van der Waals surface area contributed by atoms with Gasteiger partial charge >= 0.3 is 6.09 Å². The molecule has 1 saturated heterocycles. The fourth-order valence-corrected chi connectivity index (χ4v) is 2.25. The topological polar surface area (TPSA) is 75.6 Å². The Morgan fingerprint density at radius 1 is 1.44 bits per heavy atom. The summed E-state index contributed by atoms with van der Waals surface area (Å²) in [5, 5.41) is 9.22. The second-order valence-corrected chi connectivity index (χ2v) is 5.39. The number of nitrogens with zero attached hydrogens (tertiary/aromatic N) is 3. The molecule has 2 heterocycles. The van der Waals surface area contributed by atoms with Gasteiger partial charge in [-0.2, -0.15) is 0 Å². The lowest BCUT2D eigenvalue weighted by Crippen LogP contribution is -2.71. The van der Waals surface area contributed by atoms with Gasteiger partial charge in [0.05, 0.1) is 12.4 Å². The van der Waals surface area contributed by atoms with Crippen LogP contribution in [0.25, 0.3) is 0 Å². The Balaban J connectivity index is 2.31. The van der Waals surface area contributed by atoms with E-state index in [0.717, 1.165) is 0 Å². The fraction of sp³-hybridized carbons (Fsp3) is 0.583. The normalized spacial score (nSPS) is 23.4. The van der Waals surface area contributed by atoms with Crippen LogP contribution in [0.4, 0.5) is 4.79 Å². The Morgan fingerprint density at radius 3 is 2.44 bits per heavy atom.